The predicted octanol–water partition coefficient (Wildman–Crippen LogP) is -1.77. The minimum atomic E-state index is -1.24. The maximum absolute atomic E-state index is 11.8. The SMILES string of the molecule is C[NH+](C)CCCn1c(=O)[nH]c2cc(C(=O)[O-])ccc21. The van der Waals surface area contributed by atoms with Crippen LogP contribution in [0.1, 0.15) is 16.8 Å². The molecule has 0 saturated carbocycles. The Morgan fingerprint density at radius 2 is 2.16 bits per heavy atom. The number of carbonyl (C=O) groups is 1. The van der Waals surface area contributed by atoms with E-state index in [0.29, 0.717) is 12.1 Å². The van der Waals surface area contributed by atoms with Crippen LogP contribution in [-0.2, 0) is 6.54 Å². The van der Waals surface area contributed by atoms with E-state index in [4.69, 9.17) is 0 Å². The van der Waals surface area contributed by atoms with E-state index < -0.39 is 5.97 Å². The highest BCUT2D eigenvalue weighted by atomic mass is 16.4. The van der Waals surface area contributed by atoms with Crippen LogP contribution in [0.3, 0.4) is 0 Å². The molecule has 2 aromatic rings. The van der Waals surface area contributed by atoms with Gasteiger partial charge in [-0.25, -0.2) is 4.79 Å². The van der Waals surface area contributed by atoms with E-state index in [1.807, 2.05) is 0 Å². The van der Waals surface area contributed by atoms with Gasteiger partial charge in [-0.1, -0.05) is 6.07 Å². The molecule has 102 valence electrons. The van der Waals surface area contributed by atoms with E-state index >= 15 is 0 Å². The van der Waals surface area contributed by atoms with Crippen molar-refractivity contribution >= 4 is 17.0 Å². The van der Waals surface area contributed by atoms with Crippen LogP contribution in [0.4, 0.5) is 0 Å². The summed E-state index contributed by atoms with van der Waals surface area (Å²) in [6.45, 7) is 1.59. The number of rotatable bonds is 5. The lowest BCUT2D eigenvalue weighted by atomic mass is 10.2. The number of carboxylic acid groups (broad SMARTS) is 1. The fourth-order valence-corrected chi connectivity index (χ4v) is 2.10. The zero-order valence-corrected chi connectivity index (χ0v) is 11.0. The molecule has 0 unspecified atom stereocenters. The minimum absolute atomic E-state index is 0.0682. The van der Waals surface area contributed by atoms with Crippen LogP contribution in [0.5, 0.6) is 0 Å². The number of imidazole rings is 1. The average molecular weight is 263 g/mol. The molecule has 0 spiro atoms. The zero-order chi connectivity index (χ0) is 14.0. The Balaban J connectivity index is 2.32. The number of H-pyrrole nitrogens is 1. The number of benzene rings is 1. The van der Waals surface area contributed by atoms with Crippen molar-refractivity contribution in [1.82, 2.24) is 9.55 Å². The lowest BCUT2D eigenvalue weighted by Crippen LogP contribution is -3.05. The van der Waals surface area contributed by atoms with Crippen LogP contribution in [0, 0.1) is 0 Å². The van der Waals surface area contributed by atoms with Gasteiger partial charge < -0.3 is 19.8 Å². The zero-order valence-electron chi connectivity index (χ0n) is 11.0. The monoisotopic (exact) mass is 263 g/mol. The molecular formula is C13H17N3O3. The van der Waals surface area contributed by atoms with Gasteiger partial charge >= 0.3 is 5.69 Å². The van der Waals surface area contributed by atoms with E-state index in [2.05, 4.69) is 19.1 Å². The fourth-order valence-electron chi connectivity index (χ4n) is 2.10. The van der Waals surface area contributed by atoms with E-state index in [9.17, 15) is 14.7 Å². The molecule has 2 N–H and O–H groups in total. The Morgan fingerprint density at radius 1 is 1.42 bits per heavy atom. The van der Waals surface area contributed by atoms with E-state index in [0.717, 1.165) is 18.5 Å². The molecule has 0 bridgehead atoms. The Bertz CT molecular complexity index is 655. The average Bonchev–Trinajstić information content (AvgIpc) is 2.64. The van der Waals surface area contributed by atoms with Gasteiger partial charge in [-0.2, -0.15) is 0 Å². The third-order valence-electron chi connectivity index (χ3n) is 3.07. The maximum atomic E-state index is 11.8. The van der Waals surface area contributed by atoms with Crippen LogP contribution < -0.4 is 15.7 Å². The molecule has 0 aliphatic heterocycles. The summed E-state index contributed by atoms with van der Waals surface area (Å²) in [4.78, 5) is 26.6. The highest BCUT2D eigenvalue weighted by Gasteiger charge is 2.08. The normalized spacial score (nSPS) is 11.3. The van der Waals surface area contributed by atoms with Crippen molar-refractivity contribution in [3.63, 3.8) is 0 Å². The van der Waals surface area contributed by atoms with E-state index in [-0.39, 0.29) is 11.3 Å². The quantitative estimate of drug-likeness (QED) is 0.669. The number of fused-ring (bicyclic) bond motifs is 1. The van der Waals surface area contributed by atoms with Crippen LogP contribution in [0.25, 0.3) is 11.0 Å². The first-order valence-electron chi connectivity index (χ1n) is 6.22. The number of carboxylic acids is 1. The van der Waals surface area contributed by atoms with Crippen molar-refractivity contribution in [2.75, 3.05) is 20.6 Å². The number of hydrogen-bond donors (Lipinski definition) is 2. The molecule has 0 aliphatic rings. The number of hydrogen-bond acceptors (Lipinski definition) is 3. The number of aromatic amines is 1. The molecule has 6 nitrogen and oxygen atoms in total. The van der Waals surface area contributed by atoms with Crippen LogP contribution in [0.15, 0.2) is 23.0 Å². The maximum Gasteiger partial charge on any atom is 0.326 e. The molecule has 1 heterocycles. The Kier molecular flexibility index (Phi) is 3.71. The van der Waals surface area contributed by atoms with Crippen LogP contribution in [0.2, 0.25) is 0 Å². The molecule has 1 aromatic carbocycles. The van der Waals surface area contributed by atoms with Gasteiger partial charge in [0, 0.05) is 13.0 Å². The number of quaternary nitrogens is 1. The molecule has 0 radical (unpaired) electrons. The van der Waals surface area contributed by atoms with Crippen molar-refractivity contribution in [2.45, 2.75) is 13.0 Å². The summed E-state index contributed by atoms with van der Waals surface area (Å²) in [6, 6.07) is 4.53. The van der Waals surface area contributed by atoms with Gasteiger partial charge in [-0.05, 0) is 17.7 Å². The number of nitrogens with one attached hydrogen (secondary N) is 2. The molecule has 0 fully saturated rings. The number of aryl methyl sites for hydroxylation is 1. The van der Waals surface area contributed by atoms with Gasteiger partial charge in [-0.15, -0.1) is 0 Å². The molecule has 1 aromatic heterocycles. The summed E-state index contributed by atoms with van der Waals surface area (Å²) in [5, 5.41) is 10.8. The second-order valence-corrected chi connectivity index (χ2v) is 4.91. The second kappa shape index (κ2) is 5.27. The lowest BCUT2D eigenvalue weighted by Gasteiger charge is -2.08. The molecule has 0 atom stereocenters. The third-order valence-corrected chi connectivity index (χ3v) is 3.07. The number of aromatic nitrogens is 2. The third kappa shape index (κ3) is 2.85. The summed E-state index contributed by atoms with van der Waals surface area (Å²) in [7, 11) is 4.12. The first-order valence-corrected chi connectivity index (χ1v) is 6.22. The van der Waals surface area contributed by atoms with Crippen molar-refractivity contribution in [2.24, 2.45) is 0 Å². The number of aromatic carboxylic acids is 1. The molecule has 6 heteroatoms. The number of nitrogens with zero attached hydrogens (tertiary/aromatic N) is 1. The molecule has 2 rings (SSSR count). The Labute approximate surface area is 110 Å². The standard InChI is InChI=1S/C13H17N3O3/c1-15(2)6-3-7-16-11-5-4-9(12(17)18)8-10(11)14-13(16)19/h4-5,8H,3,6-7H2,1-2H3,(H,14,19)(H,17,18). The van der Waals surface area contributed by atoms with Gasteiger partial charge in [-0.3, -0.25) is 4.57 Å². The summed E-state index contributed by atoms with van der Waals surface area (Å²) in [5.41, 5.74) is 1.12. The summed E-state index contributed by atoms with van der Waals surface area (Å²) in [6.07, 6.45) is 0.886. The summed E-state index contributed by atoms with van der Waals surface area (Å²) >= 11 is 0. The number of carbonyl (C=O) groups excluding carboxylic acids is 1. The van der Waals surface area contributed by atoms with Gasteiger partial charge in [0.2, 0.25) is 0 Å². The van der Waals surface area contributed by atoms with Gasteiger partial charge in [0.15, 0.2) is 0 Å². The van der Waals surface area contributed by atoms with Crippen LogP contribution >= 0.6 is 0 Å². The second-order valence-electron chi connectivity index (χ2n) is 4.91. The summed E-state index contributed by atoms with van der Waals surface area (Å²) < 4.78 is 1.64. The Hall–Kier alpha value is -2.08. The highest BCUT2D eigenvalue weighted by Crippen LogP contribution is 2.12. The smallest absolute Gasteiger partial charge is 0.326 e. The molecule has 0 saturated heterocycles. The molecule has 0 amide bonds. The van der Waals surface area contributed by atoms with E-state index in [1.165, 1.54) is 17.0 Å². The lowest BCUT2D eigenvalue weighted by molar-refractivity contribution is -0.858. The molecular weight excluding hydrogens is 246 g/mol. The predicted molar refractivity (Wildman–Crippen MR) is 69.2 cm³/mol. The topological polar surface area (TPSA) is 82.4 Å². The fraction of sp³-hybridized carbons (Fsp3) is 0.385. The van der Waals surface area contributed by atoms with Gasteiger partial charge in [0.05, 0.1) is 37.6 Å². The van der Waals surface area contributed by atoms with Crippen LogP contribution in [-0.4, -0.2) is 36.2 Å². The molecule has 0 aliphatic carbocycles. The Morgan fingerprint density at radius 3 is 2.79 bits per heavy atom. The first-order chi connectivity index (χ1) is 8.99. The largest absolute Gasteiger partial charge is 0.545 e. The van der Waals surface area contributed by atoms with Gasteiger partial charge in [0.1, 0.15) is 0 Å². The highest BCUT2D eigenvalue weighted by molar-refractivity contribution is 5.91. The first kappa shape index (κ1) is 13.4. The minimum Gasteiger partial charge on any atom is -0.545 e. The van der Waals surface area contributed by atoms with Gasteiger partial charge in [0.25, 0.3) is 0 Å². The van der Waals surface area contributed by atoms with Crippen molar-refractivity contribution < 1.29 is 14.8 Å². The molecule has 19 heavy (non-hydrogen) atoms. The van der Waals surface area contributed by atoms with Crippen molar-refractivity contribution in [1.29, 1.82) is 0 Å². The van der Waals surface area contributed by atoms with Crippen molar-refractivity contribution in [3.8, 4) is 0 Å². The summed E-state index contributed by atoms with van der Waals surface area (Å²) in [5.74, 6) is -1.24. The van der Waals surface area contributed by atoms with E-state index in [1.54, 1.807) is 10.6 Å². The van der Waals surface area contributed by atoms with Crippen molar-refractivity contribution in [3.05, 3.63) is 34.2 Å².